The summed E-state index contributed by atoms with van der Waals surface area (Å²) >= 11 is 5.76. The molecule has 0 unspecified atom stereocenters. The summed E-state index contributed by atoms with van der Waals surface area (Å²) in [7, 11) is 1.55. The van der Waals surface area contributed by atoms with Gasteiger partial charge in [0.1, 0.15) is 18.2 Å². The van der Waals surface area contributed by atoms with Gasteiger partial charge in [0.25, 0.3) is 5.91 Å². The number of halogens is 2. The maximum Gasteiger partial charge on any atom is 0.253 e. The molecular weight excluding hydrogens is 421 g/mol. The van der Waals surface area contributed by atoms with E-state index in [1.165, 1.54) is 24.4 Å². The highest BCUT2D eigenvalue weighted by Gasteiger charge is 2.14. The first kappa shape index (κ1) is 22.3. The lowest BCUT2D eigenvalue weighted by Gasteiger charge is -2.11. The fourth-order valence-electron chi connectivity index (χ4n) is 2.75. The fourth-order valence-corrected chi connectivity index (χ4v) is 2.92. The third-order valence-electron chi connectivity index (χ3n) is 4.25. The van der Waals surface area contributed by atoms with Gasteiger partial charge in [-0.1, -0.05) is 17.7 Å². The first-order valence-corrected chi connectivity index (χ1v) is 9.86. The number of rotatable bonds is 9. The lowest BCUT2D eigenvalue weighted by molar-refractivity contribution is 0.0963. The Morgan fingerprint density at radius 3 is 2.87 bits per heavy atom. The summed E-state index contributed by atoms with van der Waals surface area (Å²) in [6, 6.07) is 9.53. The zero-order chi connectivity index (χ0) is 22.1. The molecule has 3 rings (SSSR count). The average molecular weight is 442 g/mol. The molecule has 2 aromatic heterocycles. The number of nitrogens with zero attached hydrogens (tertiary/aromatic N) is 3. The smallest absolute Gasteiger partial charge is 0.253 e. The van der Waals surface area contributed by atoms with Gasteiger partial charge in [0.2, 0.25) is 0 Å². The predicted molar refractivity (Wildman–Crippen MR) is 117 cm³/mol. The maximum atomic E-state index is 13.2. The summed E-state index contributed by atoms with van der Waals surface area (Å²) < 4.78 is 18.8. The molecule has 0 saturated carbocycles. The van der Waals surface area contributed by atoms with Crippen LogP contribution in [0.1, 0.15) is 21.6 Å². The van der Waals surface area contributed by atoms with E-state index in [-0.39, 0.29) is 17.5 Å². The quantitative estimate of drug-likeness (QED) is 0.494. The predicted octanol–water partition coefficient (Wildman–Crippen LogP) is 3.70. The van der Waals surface area contributed by atoms with Crippen molar-refractivity contribution < 1.29 is 13.9 Å². The highest BCUT2D eigenvalue weighted by Crippen LogP contribution is 2.23. The molecule has 1 aromatic carbocycles. The van der Waals surface area contributed by atoms with E-state index in [1.807, 2.05) is 12.1 Å². The minimum Gasteiger partial charge on any atom is -0.488 e. The van der Waals surface area contributed by atoms with E-state index >= 15 is 0 Å². The summed E-state index contributed by atoms with van der Waals surface area (Å²) in [5, 5.41) is 5.87. The molecule has 0 aliphatic rings. The van der Waals surface area contributed by atoms with Crippen molar-refractivity contribution in [2.75, 3.05) is 13.7 Å². The van der Waals surface area contributed by atoms with Crippen molar-refractivity contribution in [1.82, 2.24) is 20.6 Å². The van der Waals surface area contributed by atoms with Crippen LogP contribution in [0.5, 0.6) is 5.75 Å². The number of aliphatic imine (C=N–C) groups is 1. The minimum absolute atomic E-state index is 0.0226. The van der Waals surface area contributed by atoms with Gasteiger partial charge >= 0.3 is 0 Å². The molecule has 2 heterocycles. The van der Waals surface area contributed by atoms with Crippen LogP contribution in [0.15, 0.2) is 60.0 Å². The summed E-state index contributed by atoms with van der Waals surface area (Å²) in [5.41, 5.74) is 2.49. The number of carbonyl (C=O) groups is 1. The highest BCUT2D eigenvalue weighted by molar-refractivity contribution is 6.30. The Kier molecular flexibility index (Phi) is 8.03. The van der Waals surface area contributed by atoms with Crippen LogP contribution in [0.2, 0.25) is 5.02 Å². The van der Waals surface area contributed by atoms with Gasteiger partial charge in [0.15, 0.2) is 0 Å². The third kappa shape index (κ3) is 6.31. The Morgan fingerprint density at radius 1 is 1.26 bits per heavy atom. The van der Waals surface area contributed by atoms with Crippen LogP contribution in [0, 0.1) is 5.82 Å². The van der Waals surface area contributed by atoms with Gasteiger partial charge < -0.3 is 15.4 Å². The molecule has 0 aliphatic heterocycles. The number of amides is 1. The van der Waals surface area contributed by atoms with E-state index in [0.29, 0.717) is 35.8 Å². The minimum atomic E-state index is -0.517. The van der Waals surface area contributed by atoms with E-state index in [9.17, 15) is 9.18 Å². The van der Waals surface area contributed by atoms with Gasteiger partial charge in [-0.2, -0.15) is 0 Å². The van der Waals surface area contributed by atoms with Gasteiger partial charge in [-0.3, -0.25) is 19.8 Å². The largest absolute Gasteiger partial charge is 0.488 e. The van der Waals surface area contributed by atoms with Crippen LogP contribution in [0.3, 0.4) is 0 Å². The third-order valence-corrected chi connectivity index (χ3v) is 4.54. The van der Waals surface area contributed by atoms with E-state index in [2.05, 4.69) is 25.6 Å². The number of hydrogen-bond donors (Lipinski definition) is 2. The van der Waals surface area contributed by atoms with Crippen LogP contribution in [-0.4, -0.2) is 35.7 Å². The van der Waals surface area contributed by atoms with Crippen molar-refractivity contribution in [3.05, 3.63) is 82.6 Å². The molecule has 0 saturated heterocycles. The monoisotopic (exact) mass is 441 g/mol. The van der Waals surface area contributed by atoms with E-state index < -0.39 is 5.82 Å². The van der Waals surface area contributed by atoms with Crippen molar-refractivity contribution in [2.45, 2.75) is 13.1 Å². The second kappa shape index (κ2) is 11.1. The van der Waals surface area contributed by atoms with Crippen molar-refractivity contribution in [3.63, 3.8) is 0 Å². The summed E-state index contributed by atoms with van der Waals surface area (Å²) in [4.78, 5) is 25.2. The molecule has 0 atom stereocenters. The number of hydrogen-bond acceptors (Lipinski definition) is 6. The zero-order valence-electron chi connectivity index (χ0n) is 16.8. The van der Waals surface area contributed by atoms with Gasteiger partial charge in [-0.15, -0.1) is 0 Å². The Labute approximate surface area is 184 Å². The van der Waals surface area contributed by atoms with Crippen LogP contribution < -0.4 is 15.4 Å². The molecule has 0 aliphatic carbocycles. The summed E-state index contributed by atoms with van der Waals surface area (Å²) in [6.07, 6.45) is 6.58. The van der Waals surface area contributed by atoms with E-state index in [0.717, 1.165) is 5.56 Å². The average Bonchev–Trinajstić information content (AvgIpc) is 2.79. The Balaban J connectivity index is 1.71. The van der Waals surface area contributed by atoms with Crippen LogP contribution in [0.25, 0.3) is 0 Å². The fraction of sp³-hybridized carbons (Fsp3) is 0.182. The second-order valence-corrected chi connectivity index (χ2v) is 6.80. The van der Waals surface area contributed by atoms with Crippen LogP contribution >= 0.6 is 11.6 Å². The summed E-state index contributed by atoms with van der Waals surface area (Å²) in [5.74, 6) is -0.375. The number of nitrogens with one attached hydrogen (secondary N) is 2. The molecule has 0 fully saturated rings. The number of pyridine rings is 2. The van der Waals surface area contributed by atoms with Gasteiger partial charge in [0, 0.05) is 51.0 Å². The second-order valence-electron chi connectivity index (χ2n) is 6.40. The molecular formula is C22H21ClFN5O2. The van der Waals surface area contributed by atoms with Crippen molar-refractivity contribution in [3.8, 4) is 5.75 Å². The van der Waals surface area contributed by atoms with Crippen LogP contribution in [0.4, 0.5) is 10.1 Å². The van der Waals surface area contributed by atoms with E-state index in [1.54, 1.807) is 31.7 Å². The van der Waals surface area contributed by atoms with Gasteiger partial charge in [-0.25, -0.2) is 4.39 Å². The maximum absolute atomic E-state index is 13.2. The molecule has 3 aromatic rings. The molecule has 0 bridgehead atoms. The Hall–Kier alpha value is -3.36. The molecule has 160 valence electrons. The molecule has 9 heteroatoms. The van der Waals surface area contributed by atoms with Crippen molar-refractivity contribution in [2.24, 2.45) is 4.99 Å². The number of benzene rings is 1. The highest BCUT2D eigenvalue weighted by atomic mass is 35.5. The molecule has 0 radical (unpaired) electrons. The molecule has 0 spiro atoms. The van der Waals surface area contributed by atoms with Crippen LogP contribution in [-0.2, 0) is 13.1 Å². The van der Waals surface area contributed by atoms with E-state index in [4.69, 9.17) is 16.3 Å². The molecule has 1 amide bonds. The number of ether oxygens (including phenoxy) is 1. The SMILES string of the molecule is CNC(=O)c1ccnc(CNCc2cccnc2)c1N=CCOc1ccc(F)c(Cl)c1. The van der Waals surface area contributed by atoms with Crippen molar-refractivity contribution >= 4 is 29.4 Å². The lowest BCUT2D eigenvalue weighted by Crippen LogP contribution is -2.20. The van der Waals surface area contributed by atoms with Gasteiger partial charge in [-0.05, 0) is 29.8 Å². The first-order chi connectivity index (χ1) is 15.1. The lowest BCUT2D eigenvalue weighted by atomic mass is 10.1. The topological polar surface area (TPSA) is 88.5 Å². The van der Waals surface area contributed by atoms with Gasteiger partial charge in [0.05, 0.1) is 22.0 Å². The number of carbonyl (C=O) groups excluding carboxylic acids is 1. The normalized spacial score (nSPS) is 10.9. The van der Waals surface area contributed by atoms with Crippen molar-refractivity contribution in [1.29, 1.82) is 0 Å². The zero-order valence-corrected chi connectivity index (χ0v) is 17.6. The molecule has 2 N–H and O–H groups in total. The first-order valence-electron chi connectivity index (χ1n) is 9.48. The molecule has 31 heavy (non-hydrogen) atoms. The molecule has 7 nitrogen and oxygen atoms in total. The summed E-state index contributed by atoms with van der Waals surface area (Å²) in [6.45, 7) is 1.10. The Morgan fingerprint density at radius 2 is 2.13 bits per heavy atom. The number of aromatic nitrogens is 2. The standard InChI is InChI=1S/C22H21ClFN5O2/c1-25-22(30)17-6-8-28-20(14-27-13-15-3-2-7-26-12-15)21(17)29-9-10-31-16-4-5-19(24)18(23)11-16/h2-9,11-12,27H,10,13-14H2,1H3,(H,25,30). The Bertz CT molecular complexity index is 1060.